The van der Waals surface area contributed by atoms with Crippen LogP contribution >= 0.6 is 0 Å². The number of rotatable bonds is 5. The minimum absolute atomic E-state index is 0.298. The Balaban J connectivity index is 1.78. The molecule has 1 heterocycles. The van der Waals surface area contributed by atoms with Gasteiger partial charge in [0.2, 0.25) is 0 Å². The minimum atomic E-state index is -0.424. The molecular formula is C17H16N2O3. The highest BCUT2D eigenvalue weighted by atomic mass is 16.5. The van der Waals surface area contributed by atoms with Crippen LogP contribution < -0.4 is 4.74 Å². The molecule has 5 nitrogen and oxygen atoms in total. The number of hydrogen-bond donors (Lipinski definition) is 1. The van der Waals surface area contributed by atoms with Crippen LogP contribution in [0.1, 0.15) is 23.0 Å². The summed E-state index contributed by atoms with van der Waals surface area (Å²) in [6, 6.07) is 15.4. The van der Waals surface area contributed by atoms with Gasteiger partial charge in [-0.05, 0) is 24.6 Å². The summed E-state index contributed by atoms with van der Waals surface area (Å²) in [5, 5.41) is 7.58. The Labute approximate surface area is 127 Å². The number of ether oxygens (including phenoxy) is 2. The average molecular weight is 296 g/mol. The molecule has 0 amide bonds. The second-order valence-electron chi connectivity index (χ2n) is 4.77. The van der Waals surface area contributed by atoms with Crippen LogP contribution in [0.4, 0.5) is 0 Å². The zero-order valence-electron chi connectivity index (χ0n) is 12.2. The lowest BCUT2D eigenvalue weighted by Gasteiger charge is -2.06. The van der Waals surface area contributed by atoms with Gasteiger partial charge in [0.1, 0.15) is 12.4 Å². The molecule has 1 N–H and O–H groups in total. The first-order valence-electron chi connectivity index (χ1n) is 7.10. The lowest BCUT2D eigenvalue weighted by molar-refractivity contribution is 0.0521. The molecule has 0 saturated heterocycles. The van der Waals surface area contributed by atoms with E-state index in [4.69, 9.17) is 9.47 Å². The first-order chi connectivity index (χ1) is 10.8. The number of nitrogens with one attached hydrogen (secondary N) is 1. The number of hydrogen-bond acceptors (Lipinski definition) is 4. The Bertz CT molecular complexity index is 781. The van der Waals surface area contributed by atoms with E-state index < -0.39 is 5.97 Å². The van der Waals surface area contributed by atoms with Crippen LogP contribution in [0.5, 0.6) is 5.75 Å². The summed E-state index contributed by atoms with van der Waals surface area (Å²) in [5.74, 6) is 0.294. The average Bonchev–Trinajstić information content (AvgIpc) is 2.97. The van der Waals surface area contributed by atoms with Crippen molar-refractivity contribution in [3.8, 4) is 5.75 Å². The molecule has 3 rings (SSSR count). The third-order valence-electron chi connectivity index (χ3n) is 3.25. The highest BCUT2D eigenvalue weighted by Crippen LogP contribution is 2.23. The molecule has 0 spiro atoms. The summed E-state index contributed by atoms with van der Waals surface area (Å²) < 4.78 is 10.7. The molecule has 0 radical (unpaired) electrons. The second-order valence-corrected chi connectivity index (χ2v) is 4.77. The SMILES string of the molecule is CCOC(=O)c1n[nH]c2cc(OCc3ccccc3)ccc12. The van der Waals surface area contributed by atoms with Crippen molar-refractivity contribution in [3.63, 3.8) is 0 Å². The number of esters is 1. The van der Waals surface area contributed by atoms with Gasteiger partial charge in [-0.15, -0.1) is 0 Å². The number of carbonyl (C=O) groups is 1. The molecule has 0 aliphatic carbocycles. The van der Waals surface area contributed by atoms with Gasteiger partial charge in [0.05, 0.1) is 12.1 Å². The number of H-pyrrole nitrogens is 1. The van der Waals surface area contributed by atoms with Gasteiger partial charge in [0.25, 0.3) is 0 Å². The Hall–Kier alpha value is -2.82. The van der Waals surface area contributed by atoms with Crippen molar-refractivity contribution < 1.29 is 14.3 Å². The van der Waals surface area contributed by atoms with Crippen LogP contribution in [0.15, 0.2) is 48.5 Å². The molecule has 0 aliphatic rings. The van der Waals surface area contributed by atoms with Crippen LogP contribution in [0.2, 0.25) is 0 Å². The largest absolute Gasteiger partial charge is 0.489 e. The monoisotopic (exact) mass is 296 g/mol. The Morgan fingerprint density at radius 3 is 2.77 bits per heavy atom. The van der Waals surface area contributed by atoms with Gasteiger partial charge >= 0.3 is 5.97 Å². The van der Waals surface area contributed by atoms with Gasteiger partial charge in [0.15, 0.2) is 5.69 Å². The second kappa shape index (κ2) is 6.30. The van der Waals surface area contributed by atoms with E-state index in [0.717, 1.165) is 22.2 Å². The number of nitrogens with zero attached hydrogens (tertiary/aromatic N) is 1. The number of aromatic nitrogens is 2. The summed E-state index contributed by atoms with van der Waals surface area (Å²) in [6.07, 6.45) is 0. The molecule has 5 heteroatoms. The van der Waals surface area contributed by atoms with Crippen LogP contribution in [0.3, 0.4) is 0 Å². The molecule has 0 saturated carbocycles. The van der Waals surface area contributed by atoms with Crippen molar-refractivity contribution in [2.45, 2.75) is 13.5 Å². The van der Waals surface area contributed by atoms with E-state index in [-0.39, 0.29) is 0 Å². The fraction of sp³-hybridized carbons (Fsp3) is 0.176. The molecule has 1 aromatic heterocycles. The fourth-order valence-corrected chi connectivity index (χ4v) is 2.18. The third-order valence-corrected chi connectivity index (χ3v) is 3.25. The molecule has 0 atom stereocenters. The molecule has 0 aliphatic heterocycles. The number of fused-ring (bicyclic) bond motifs is 1. The smallest absolute Gasteiger partial charge is 0.359 e. The van der Waals surface area contributed by atoms with Crippen molar-refractivity contribution in [3.05, 3.63) is 59.8 Å². The normalized spacial score (nSPS) is 10.6. The molecule has 0 fully saturated rings. The van der Waals surface area contributed by atoms with Gasteiger partial charge in [-0.1, -0.05) is 30.3 Å². The van der Waals surface area contributed by atoms with E-state index in [1.165, 1.54) is 0 Å². The molecule has 2 aromatic carbocycles. The minimum Gasteiger partial charge on any atom is -0.489 e. The molecule has 0 bridgehead atoms. The Morgan fingerprint density at radius 1 is 1.18 bits per heavy atom. The van der Waals surface area contributed by atoms with Crippen LogP contribution in [-0.2, 0) is 11.3 Å². The van der Waals surface area contributed by atoms with Gasteiger partial charge in [-0.3, -0.25) is 5.10 Å². The first-order valence-corrected chi connectivity index (χ1v) is 7.10. The number of benzene rings is 2. The lowest BCUT2D eigenvalue weighted by Crippen LogP contribution is -2.05. The highest BCUT2D eigenvalue weighted by molar-refractivity contribution is 6.02. The quantitative estimate of drug-likeness (QED) is 0.734. The summed E-state index contributed by atoms with van der Waals surface area (Å²) in [7, 11) is 0. The van der Waals surface area contributed by atoms with Gasteiger partial charge in [-0.2, -0.15) is 5.10 Å². The molecule has 0 unspecified atom stereocenters. The van der Waals surface area contributed by atoms with E-state index in [0.29, 0.717) is 18.9 Å². The van der Waals surface area contributed by atoms with Crippen molar-refractivity contribution in [2.75, 3.05) is 6.61 Å². The van der Waals surface area contributed by atoms with Crippen molar-refractivity contribution in [1.29, 1.82) is 0 Å². The highest BCUT2D eigenvalue weighted by Gasteiger charge is 2.15. The van der Waals surface area contributed by atoms with Crippen molar-refractivity contribution >= 4 is 16.9 Å². The zero-order chi connectivity index (χ0) is 15.4. The van der Waals surface area contributed by atoms with E-state index in [1.807, 2.05) is 48.5 Å². The number of carbonyl (C=O) groups excluding carboxylic acids is 1. The summed E-state index contributed by atoms with van der Waals surface area (Å²) >= 11 is 0. The van der Waals surface area contributed by atoms with Crippen molar-refractivity contribution in [1.82, 2.24) is 10.2 Å². The van der Waals surface area contributed by atoms with E-state index >= 15 is 0 Å². The van der Waals surface area contributed by atoms with Crippen molar-refractivity contribution in [2.24, 2.45) is 0 Å². The topological polar surface area (TPSA) is 64.2 Å². The first kappa shape index (κ1) is 14.1. The summed E-state index contributed by atoms with van der Waals surface area (Å²) in [5.41, 5.74) is 2.14. The predicted octanol–water partition coefficient (Wildman–Crippen LogP) is 3.32. The van der Waals surface area contributed by atoms with E-state index in [9.17, 15) is 4.79 Å². The zero-order valence-corrected chi connectivity index (χ0v) is 12.2. The van der Waals surface area contributed by atoms with Gasteiger partial charge in [0, 0.05) is 11.5 Å². The van der Waals surface area contributed by atoms with Crippen LogP contribution in [-0.4, -0.2) is 22.8 Å². The fourth-order valence-electron chi connectivity index (χ4n) is 2.18. The maximum absolute atomic E-state index is 11.8. The molecule has 22 heavy (non-hydrogen) atoms. The van der Waals surface area contributed by atoms with Gasteiger partial charge in [-0.25, -0.2) is 4.79 Å². The molecular weight excluding hydrogens is 280 g/mol. The Morgan fingerprint density at radius 2 is 2.00 bits per heavy atom. The molecule has 3 aromatic rings. The lowest BCUT2D eigenvalue weighted by atomic mass is 10.2. The summed E-state index contributed by atoms with van der Waals surface area (Å²) in [6.45, 7) is 2.58. The predicted molar refractivity (Wildman–Crippen MR) is 82.8 cm³/mol. The van der Waals surface area contributed by atoms with Crippen LogP contribution in [0, 0.1) is 0 Å². The maximum atomic E-state index is 11.8. The molecule has 112 valence electrons. The van der Waals surface area contributed by atoms with Crippen LogP contribution in [0.25, 0.3) is 10.9 Å². The Kier molecular flexibility index (Phi) is 4.05. The summed E-state index contributed by atoms with van der Waals surface area (Å²) in [4.78, 5) is 11.8. The van der Waals surface area contributed by atoms with Gasteiger partial charge < -0.3 is 9.47 Å². The van der Waals surface area contributed by atoms with E-state index in [2.05, 4.69) is 10.2 Å². The standard InChI is InChI=1S/C17H16N2O3/c1-2-21-17(20)16-14-9-8-13(10-15(14)18-19-16)22-11-12-6-4-3-5-7-12/h3-10H,2,11H2,1H3,(H,18,19). The maximum Gasteiger partial charge on any atom is 0.359 e. The third kappa shape index (κ3) is 2.93. The van der Waals surface area contributed by atoms with E-state index in [1.54, 1.807) is 6.92 Å². The number of aromatic amines is 1.